The van der Waals surface area contributed by atoms with Crippen molar-refractivity contribution in [3.05, 3.63) is 53.7 Å². The Hall–Kier alpha value is -1.72. The molecule has 1 fully saturated rings. The molecule has 0 bridgehead atoms. The number of benzene rings is 1. The molecule has 0 amide bonds. The van der Waals surface area contributed by atoms with Gasteiger partial charge in [-0.2, -0.15) is 0 Å². The molecule has 2 heterocycles. The number of hydrogen-bond acceptors (Lipinski definition) is 4. The third-order valence-electron chi connectivity index (χ3n) is 4.16. The highest BCUT2D eigenvalue weighted by Gasteiger charge is 2.26. The standard InChI is InChI=1S/C16H19FN2O2/c17-14-3-1-12(2-4-14)16(20)13-6-9-19(10-7-13)11-15-5-8-18-21-15/h1-5,8,13,16,20H,6-7,9-11H2. The first kappa shape index (κ1) is 14.2. The SMILES string of the molecule is OC(c1ccc(F)cc1)C1CCN(Cc2ccno2)CC1. The maximum absolute atomic E-state index is 12.9. The Morgan fingerprint density at radius 2 is 1.95 bits per heavy atom. The predicted molar refractivity (Wildman–Crippen MR) is 75.9 cm³/mol. The van der Waals surface area contributed by atoms with Crippen molar-refractivity contribution in [2.75, 3.05) is 13.1 Å². The van der Waals surface area contributed by atoms with Gasteiger partial charge in [0.15, 0.2) is 5.76 Å². The lowest BCUT2D eigenvalue weighted by molar-refractivity contribution is 0.0542. The minimum absolute atomic E-state index is 0.224. The van der Waals surface area contributed by atoms with E-state index in [2.05, 4.69) is 10.1 Å². The molecule has 0 aliphatic carbocycles. The van der Waals surface area contributed by atoms with Crippen LogP contribution >= 0.6 is 0 Å². The van der Waals surface area contributed by atoms with E-state index >= 15 is 0 Å². The maximum atomic E-state index is 12.9. The Labute approximate surface area is 123 Å². The van der Waals surface area contributed by atoms with Gasteiger partial charge in [0.2, 0.25) is 0 Å². The molecular weight excluding hydrogens is 271 g/mol. The van der Waals surface area contributed by atoms with Gasteiger partial charge in [0.25, 0.3) is 0 Å². The first-order chi connectivity index (χ1) is 10.2. The summed E-state index contributed by atoms with van der Waals surface area (Å²) < 4.78 is 18.0. The third kappa shape index (κ3) is 3.49. The molecule has 1 unspecified atom stereocenters. The van der Waals surface area contributed by atoms with Crippen LogP contribution in [0.3, 0.4) is 0 Å². The molecule has 4 nitrogen and oxygen atoms in total. The van der Waals surface area contributed by atoms with Gasteiger partial charge in [0, 0.05) is 6.07 Å². The predicted octanol–water partition coefficient (Wildman–Crippen LogP) is 2.76. The Balaban J connectivity index is 1.54. The molecule has 1 aromatic heterocycles. The zero-order valence-corrected chi connectivity index (χ0v) is 11.8. The van der Waals surface area contributed by atoms with Crippen LogP contribution in [-0.2, 0) is 6.54 Å². The van der Waals surface area contributed by atoms with E-state index in [1.54, 1.807) is 18.3 Å². The zero-order valence-electron chi connectivity index (χ0n) is 11.8. The minimum atomic E-state index is -0.516. The molecule has 5 heteroatoms. The van der Waals surface area contributed by atoms with E-state index in [-0.39, 0.29) is 11.7 Å². The Morgan fingerprint density at radius 1 is 1.24 bits per heavy atom. The highest BCUT2D eigenvalue weighted by Crippen LogP contribution is 2.31. The van der Waals surface area contributed by atoms with Gasteiger partial charge in [0.1, 0.15) is 5.82 Å². The second kappa shape index (κ2) is 6.37. The van der Waals surface area contributed by atoms with Crippen LogP contribution < -0.4 is 0 Å². The van der Waals surface area contributed by atoms with Crippen LogP contribution in [0.4, 0.5) is 4.39 Å². The van der Waals surface area contributed by atoms with Gasteiger partial charge in [0.05, 0.1) is 18.8 Å². The van der Waals surface area contributed by atoms with E-state index in [1.165, 1.54) is 12.1 Å². The number of hydrogen-bond donors (Lipinski definition) is 1. The van der Waals surface area contributed by atoms with Crippen LogP contribution in [0.1, 0.15) is 30.3 Å². The zero-order chi connectivity index (χ0) is 14.7. The molecule has 1 aliphatic rings. The van der Waals surface area contributed by atoms with Crippen LogP contribution in [0.2, 0.25) is 0 Å². The van der Waals surface area contributed by atoms with Gasteiger partial charge in [-0.3, -0.25) is 4.90 Å². The highest BCUT2D eigenvalue weighted by atomic mass is 19.1. The summed E-state index contributed by atoms with van der Waals surface area (Å²) in [7, 11) is 0. The molecule has 0 spiro atoms. The number of likely N-dealkylation sites (tertiary alicyclic amines) is 1. The second-order valence-corrected chi connectivity index (χ2v) is 5.59. The summed E-state index contributed by atoms with van der Waals surface area (Å²) in [6, 6.07) is 8.01. The summed E-state index contributed by atoms with van der Waals surface area (Å²) in [5.74, 6) is 0.821. The fourth-order valence-corrected chi connectivity index (χ4v) is 2.90. The molecule has 1 saturated heterocycles. The Bertz CT molecular complexity index is 548. The van der Waals surface area contributed by atoms with Gasteiger partial charge >= 0.3 is 0 Å². The normalized spacial score (nSPS) is 18.8. The van der Waals surface area contributed by atoms with E-state index in [0.29, 0.717) is 0 Å². The van der Waals surface area contributed by atoms with Crippen LogP contribution in [-0.4, -0.2) is 28.3 Å². The molecule has 1 N–H and O–H groups in total. The lowest BCUT2D eigenvalue weighted by Gasteiger charge is -2.33. The Morgan fingerprint density at radius 3 is 2.57 bits per heavy atom. The van der Waals surface area contributed by atoms with Crippen molar-refractivity contribution in [2.24, 2.45) is 5.92 Å². The van der Waals surface area contributed by atoms with E-state index in [1.807, 2.05) is 6.07 Å². The number of aliphatic hydroxyl groups is 1. The number of piperidine rings is 1. The molecule has 0 radical (unpaired) electrons. The summed E-state index contributed by atoms with van der Waals surface area (Å²) in [5, 5.41) is 14.1. The topological polar surface area (TPSA) is 49.5 Å². The number of halogens is 1. The van der Waals surface area contributed by atoms with Crippen molar-refractivity contribution < 1.29 is 14.0 Å². The summed E-state index contributed by atoms with van der Waals surface area (Å²) in [5.41, 5.74) is 0.796. The smallest absolute Gasteiger partial charge is 0.150 e. The fourth-order valence-electron chi connectivity index (χ4n) is 2.90. The summed E-state index contributed by atoms with van der Waals surface area (Å²) in [6.45, 7) is 2.60. The van der Waals surface area contributed by atoms with Crippen molar-refractivity contribution in [1.29, 1.82) is 0 Å². The number of nitrogens with zero attached hydrogens (tertiary/aromatic N) is 2. The molecule has 1 aliphatic heterocycles. The lowest BCUT2D eigenvalue weighted by atomic mass is 9.87. The summed E-state index contributed by atoms with van der Waals surface area (Å²) in [4.78, 5) is 2.30. The molecule has 2 aromatic rings. The largest absolute Gasteiger partial charge is 0.388 e. The van der Waals surface area contributed by atoms with Crippen molar-refractivity contribution in [2.45, 2.75) is 25.5 Å². The van der Waals surface area contributed by atoms with Gasteiger partial charge in [-0.05, 0) is 49.5 Å². The molecule has 112 valence electrons. The first-order valence-corrected chi connectivity index (χ1v) is 7.28. The van der Waals surface area contributed by atoms with E-state index in [9.17, 15) is 9.50 Å². The third-order valence-corrected chi connectivity index (χ3v) is 4.16. The van der Waals surface area contributed by atoms with Gasteiger partial charge < -0.3 is 9.63 Å². The van der Waals surface area contributed by atoms with Gasteiger partial charge in [-0.1, -0.05) is 17.3 Å². The number of rotatable bonds is 4. The van der Waals surface area contributed by atoms with Crippen molar-refractivity contribution in [3.8, 4) is 0 Å². The fraction of sp³-hybridized carbons (Fsp3) is 0.438. The summed E-state index contributed by atoms with van der Waals surface area (Å²) >= 11 is 0. The molecule has 1 aromatic carbocycles. The molecule has 3 rings (SSSR count). The van der Waals surface area contributed by atoms with Crippen LogP contribution in [0.15, 0.2) is 41.1 Å². The molecular formula is C16H19FN2O2. The second-order valence-electron chi connectivity index (χ2n) is 5.59. The first-order valence-electron chi connectivity index (χ1n) is 7.28. The van der Waals surface area contributed by atoms with Crippen LogP contribution in [0, 0.1) is 11.7 Å². The van der Waals surface area contributed by atoms with Crippen molar-refractivity contribution in [3.63, 3.8) is 0 Å². The van der Waals surface area contributed by atoms with Crippen molar-refractivity contribution >= 4 is 0 Å². The average Bonchev–Trinajstić information content (AvgIpc) is 3.01. The number of aromatic nitrogens is 1. The monoisotopic (exact) mass is 290 g/mol. The van der Waals surface area contributed by atoms with E-state index in [0.717, 1.165) is 43.8 Å². The van der Waals surface area contributed by atoms with Crippen molar-refractivity contribution in [1.82, 2.24) is 10.1 Å². The summed E-state index contributed by atoms with van der Waals surface area (Å²) in [6.07, 6.45) is 2.98. The van der Waals surface area contributed by atoms with E-state index < -0.39 is 6.10 Å². The maximum Gasteiger partial charge on any atom is 0.150 e. The lowest BCUT2D eigenvalue weighted by Crippen LogP contribution is -2.35. The quantitative estimate of drug-likeness (QED) is 0.940. The van der Waals surface area contributed by atoms with E-state index in [4.69, 9.17) is 4.52 Å². The van der Waals surface area contributed by atoms with Crippen LogP contribution in [0.25, 0.3) is 0 Å². The molecule has 21 heavy (non-hydrogen) atoms. The van der Waals surface area contributed by atoms with Gasteiger partial charge in [-0.15, -0.1) is 0 Å². The Kier molecular flexibility index (Phi) is 4.31. The molecule has 1 atom stereocenters. The van der Waals surface area contributed by atoms with Crippen LogP contribution in [0.5, 0.6) is 0 Å². The average molecular weight is 290 g/mol. The highest BCUT2D eigenvalue weighted by molar-refractivity contribution is 5.19. The molecule has 0 saturated carbocycles. The van der Waals surface area contributed by atoms with Gasteiger partial charge in [-0.25, -0.2) is 4.39 Å². The minimum Gasteiger partial charge on any atom is -0.388 e. The number of aliphatic hydroxyl groups excluding tert-OH is 1.